The van der Waals surface area contributed by atoms with E-state index in [0.717, 1.165) is 27.3 Å². The lowest BCUT2D eigenvalue weighted by atomic mass is 10.1. The fraction of sp³-hybridized carbons (Fsp3) is 0.300. The summed E-state index contributed by atoms with van der Waals surface area (Å²) in [5, 5.41) is 10.3. The Morgan fingerprint density at radius 2 is 2.00 bits per heavy atom. The van der Waals surface area contributed by atoms with Crippen molar-refractivity contribution in [3.05, 3.63) is 51.9 Å². The summed E-state index contributed by atoms with van der Waals surface area (Å²) in [6, 6.07) is 6.03. The Labute approximate surface area is 170 Å². The van der Waals surface area contributed by atoms with Crippen molar-refractivity contribution in [1.82, 2.24) is 19.6 Å². The van der Waals surface area contributed by atoms with Crippen LogP contribution in [0.5, 0.6) is 0 Å². The highest BCUT2D eigenvalue weighted by Gasteiger charge is 2.21. The van der Waals surface area contributed by atoms with Gasteiger partial charge in [-0.15, -0.1) is 21.5 Å². The van der Waals surface area contributed by atoms with Crippen LogP contribution in [-0.4, -0.2) is 31.1 Å². The van der Waals surface area contributed by atoms with Gasteiger partial charge in [-0.3, -0.25) is 9.20 Å². The predicted octanol–water partition coefficient (Wildman–Crippen LogP) is 5.19. The van der Waals surface area contributed by atoms with Gasteiger partial charge in [-0.2, -0.15) is 0 Å². The molecule has 3 aromatic heterocycles. The Morgan fingerprint density at radius 1 is 1.25 bits per heavy atom. The second kappa shape index (κ2) is 7.25. The van der Waals surface area contributed by atoms with Crippen molar-refractivity contribution in [2.45, 2.75) is 38.8 Å². The van der Waals surface area contributed by atoms with Gasteiger partial charge in [0.25, 0.3) is 0 Å². The fourth-order valence-electron chi connectivity index (χ4n) is 3.12. The molecule has 1 aromatic carbocycles. The van der Waals surface area contributed by atoms with E-state index in [0.29, 0.717) is 5.16 Å². The number of fused-ring (bicyclic) bond motifs is 3. The van der Waals surface area contributed by atoms with E-state index in [1.165, 1.54) is 28.8 Å². The first-order valence-corrected chi connectivity index (χ1v) is 10.7. The van der Waals surface area contributed by atoms with Crippen molar-refractivity contribution < 1.29 is 9.18 Å². The van der Waals surface area contributed by atoms with Crippen molar-refractivity contribution in [2.75, 3.05) is 5.75 Å². The monoisotopic (exact) mass is 414 g/mol. The lowest BCUT2D eigenvalue weighted by Crippen LogP contribution is -2.08. The van der Waals surface area contributed by atoms with Gasteiger partial charge in [0.1, 0.15) is 16.5 Å². The number of carbonyl (C=O) groups excluding carboxylic acids is 1. The van der Waals surface area contributed by atoms with Crippen LogP contribution in [0, 0.1) is 19.7 Å². The van der Waals surface area contributed by atoms with Crippen LogP contribution in [0.3, 0.4) is 0 Å². The van der Waals surface area contributed by atoms with Crippen molar-refractivity contribution in [3.63, 3.8) is 0 Å². The summed E-state index contributed by atoms with van der Waals surface area (Å²) >= 11 is 2.91. The standard InChI is InChI=1S/C20H19FN4OS2/c1-10(2)17-22-19-16(11(3)12(4)28-19)18-23-24-20(25(17)18)27-9-15(26)13-7-5-6-8-14(13)21/h5-8,10H,9H2,1-4H3. The van der Waals surface area contributed by atoms with Crippen molar-refractivity contribution in [2.24, 2.45) is 0 Å². The van der Waals surface area contributed by atoms with E-state index in [9.17, 15) is 9.18 Å². The van der Waals surface area contributed by atoms with Gasteiger partial charge in [-0.25, -0.2) is 9.37 Å². The lowest BCUT2D eigenvalue weighted by molar-refractivity contribution is 0.101. The van der Waals surface area contributed by atoms with Gasteiger partial charge in [-0.1, -0.05) is 37.7 Å². The van der Waals surface area contributed by atoms with E-state index in [-0.39, 0.29) is 23.0 Å². The number of ketones is 1. The lowest BCUT2D eigenvalue weighted by Gasteiger charge is -2.10. The molecule has 0 N–H and O–H groups in total. The minimum Gasteiger partial charge on any atom is -0.293 e. The zero-order valence-electron chi connectivity index (χ0n) is 16.0. The number of aromatic nitrogens is 4. The van der Waals surface area contributed by atoms with Crippen LogP contribution in [-0.2, 0) is 0 Å². The van der Waals surface area contributed by atoms with Gasteiger partial charge >= 0.3 is 0 Å². The van der Waals surface area contributed by atoms with Gasteiger partial charge in [0.15, 0.2) is 16.6 Å². The SMILES string of the molecule is Cc1sc2nc(C(C)C)n3c(SCC(=O)c4ccccc4F)nnc3c2c1C. The van der Waals surface area contributed by atoms with Gasteiger partial charge in [0.2, 0.25) is 0 Å². The van der Waals surface area contributed by atoms with Crippen LogP contribution in [0.2, 0.25) is 0 Å². The molecular formula is C20H19FN4OS2. The average Bonchev–Trinajstić information content (AvgIpc) is 3.20. The molecule has 0 radical (unpaired) electrons. The molecule has 0 aliphatic carbocycles. The third-order valence-corrected chi connectivity index (χ3v) is 6.72. The van der Waals surface area contributed by atoms with Crippen LogP contribution in [0.15, 0.2) is 29.4 Å². The van der Waals surface area contributed by atoms with Crippen LogP contribution in [0.1, 0.15) is 46.4 Å². The Balaban J connectivity index is 1.77. The summed E-state index contributed by atoms with van der Waals surface area (Å²) in [4.78, 5) is 19.5. The summed E-state index contributed by atoms with van der Waals surface area (Å²) in [7, 11) is 0. The molecule has 0 saturated carbocycles. The number of hydrogen-bond acceptors (Lipinski definition) is 6. The smallest absolute Gasteiger partial charge is 0.197 e. The Morgan fingerprint density at radius 3 is 2.71 bits per heavy atom. The number of halogens is 1. The van der Waals surface area contributed by atoms with Crippen molar-refractivity contribution in [3.8, 4) is 0 Å². The molecule has 8 heteroatoms. The molecule has 4 rings (SSSR count). The molecule has 0 atom stereocenters. The summed E-state index contributed by atoms with van der Waals surface area (Å²) in [5.74, 6) is 0.318. The van der Waals surface area contributed by atoms with E-state index in [1.807, 2.05) is 4.40 Å². The highest BCUT2D eigenvalue weighted by atomic mass is 32.2. The molecule has 0 spiro atoms. The highest BCUT2D eigenvalue weighted by molar-refractivity contribution is 7.99. The number of Topliss-reactive ketones (excluding diaryl/α,β-unsaturated/α-hetero) is 1. The van der Waals surface area contributed by atoms with Gasteiger partial charge in [0.05, 0.1) is 16.7 Å². The topological polar surface area (TPSA) is 60.2 Å². The summed E-state index contributed by atoms with van der Waals surface area (Å²) in [6.45, 7) is 8.28. The molecule has 0 unspecified atom stereocenters. The van der Waals surface area contributed by atoms with Crippen LogP contribution in [0.25, 0.3) is 15.9 Å². The number of thiophene rings is 1. The Kier molecular flexibility index (Phi) is 4.93. The number of thioether (sulfide) groups is 1. The molecule has 0 aliphatic heterocycles. The molecule has 0 aliphatic rings. The molecule has 4 aromatic rings. The minimum absolute atomic E-state index is 0.0823. The fourth-order valence-corrected chi connectivity index (χ4v) is 4.97. The first-order chi connectivity index (χ1) is 13.4. The van der Waals surface area contributed by atoms with Gasteiger partial charge in [0, 0.05) is 10.8 Å². The zero-order valence-corrected chi connectivity index (χ0v) is 17.6. The number of carbonyl (C=O) groups is 1. The normalized spacial score (nSPS) is 11.8. The van der Waals surface area contributed by atoms with Crippen molar-refractivity contribution >= 4 is 44.7 Å². The highest BCUT2D eigenvalue weighted by Crippen LogP contribution is 2.34. The maximum absolute atomic E-state index is 13.9. The van der Waals surface area contributed by atoms with E-state index in [4.69, 9.17) is 4.98 Å². The average molecular weight is 415 g/mol. The van der Waals surface area contributed by atoms with Crippen LogP contribution in [0.4, 0.5) is 4.39 Å². The van der Waals surface area contributed by atoms with E-state index < -0.39 is 5.82 Å². The molecule has 0 saturated heterocycles. The van der Waals surface area contributed by atoms with E-state index in [1.54, 1.807) is 23.5 Å². The van der Waals surface area contributed by atoms with Gasteiger partial charge in [-0.05, 0) is 31.5 Å². The summed E-state index contributed by atoms with van der Waals surface area (Å²) < 4.78 is 15.8. The second-order valence-corrected chi connectivity index (χ2v) is 9.07. The van der Waals surface area contributed by atoms with Crippen LogP contribution >= 0.6 is 23.1 Å². The molecule has 0 amide bonds. The number of aryl methyl sites for hydroxylation is 2. The molecule has 0 bridgehead atoms. The largest absolute Gasteiger partial charge is 0.293 e. The quantitative estimate of drug-likeness (QED) is 0.332. The zero-order chi connectivity index (χ0) is 20.0. The number of benzene rings is 1. The first kappa shape index (κ1) is 19.0. The van der Waals surface area contributed by atoms with Gasteiger partial charge < -0.3 is 0 Å². The molecule has 3 heterocycles. The Hall–Kier alpha value is -2.32. The van der Waals surface area contributed by atoms with Crippen LogP contribution < -0.4 is 0 Å². The van der Waals surface area contributed by atoms with Crippen molar-refractivity contribution in [1.29, 1.82) is 0 Å². The molecule has 144 valence electrons. The predicted molar refractivity (Wildman–Crippen MR) is 111 cm³/mol. The third-order valence-electron chi connectivity index (χ3n) is 4.69. The number of nitrogens with zero attached hydrogens (tertiary/aromatic N) is 4. The number of rotatable bonds is 5. The Bertz CT molecular complexity index is 1210. The maximum atomic E-state index is 13.9. The maximum Gasteiger partial charge on any atom is 0.197 e. The molecular weight excluding hydrogens is 395 g/mol. The third kappa shape index (κ3) is 3.10. The summed E-state index contributed by atoms with van der Waals surface area (Å²) in [6.07, 6.45) is 0. The van der Waals surface area contributed by atoms with E-state index in [2.05, 4.69) is 37.9 Å². The minimum atomic E-state index is -0.505. The van der Waals surface area contributed by atoms with E-state index >= 15 is 0 Å². The second-order valence-electron chi connectivity index (χ2n) is 6.92. The molecule has 5 nitrogen and oxygen atoms in total. The number of hydrogen-bond donors (Lipinski definition) is 0. The summed E-state index contributed by atoms with van der Waals surface area (Å²) in [5.41, 5.74) is 2.01. The molecule has 28 heavy (non-hydrogen) atoms. The first-order valence-electron chi connectivity index (χ1n) is 8.93. The molecule has 0 fully saturated rings.